The first-order valence-electron chi connectivity index (χ1n) is 10.1. The predicted octanol–water partition coefficient (Wildman–Crippen LogP) is 3.68. The van der Waals surface area contributed by atoms with Gasteiger partial charge in [0.25, 0.3) is 0 Å². The second-order valence-corrected chi connectivity index (χ2v) is 8.47. The molecule has 2 N–H and O–H groups in total. The topological polar surface area (TPSA) is 84.8 Å². The molecule has 1 saturated heterocycles. The minimum absolute atomic E-state index is 0.166. The molecule has 28 heavy (non-hydrogen) atoms. The van der Waals surface area contributed by atoms with Crippen molar-refractivity contribution in [2.24, 2.45) is 5.73 Å². The van der Waals surface area contributed by atoms with Crippen LogP contribution in [0.3, 0.4) is 0 Å². The van der Waals surface area contributed by atoms with Gasteiger partial charge in [-0.1, -0.05) is 13.0 Å². The molecule has 1 atom stereocenters. The first-order valence-corrected chi connectivity index (χ1v) is 10.1. The van der Waals surface area contributed by atoms with E-state index in [1.54, 1.807) is 0 Å². The lowest BCUT2D eigenvalue weighted by atomic mass is 10.2. The summed E-state index contributed by atoms with van der Waals surface area (Å²) in [6, 6.07) is 5.95. The first-order chi connectivity index (χ1) is 13.2. The van der Waals surface area contributed by atoms with Crippen LogP contribution >= 0.6 is 0 Å². The van der Waals surface area contributed by atoms with Crippen molar-refractivity contribution >= 4 is 17.2 Å². The highest BCUT2D eigenvalue weighted by Crippen LogP contribution is 2.22. The van der Waals surface area contributed by atoms with Crippen LogP contribution in [0.25, 0.3) is 11.1 Å². The van der Waals surface area contributed by atoms with E-state index in [1.165, 1.54) is 5.56 Å². The van der Waals surface area contributed by atoms with Gasteiger partial charge >= 0.3 is 6.09 Å². The summed E-state index contributed by atoms with van der Waals surface area (Å²) in [4.78, 5) is 21.0. The Kier molecular flexibility index (Phi) is 6.25. The van der Waals surface area contributed by atoms with Crippen molar-refractivity contribution in [2.45, 2.75) is 58.7 Å². The Morgan fingerprint density at radius 3 is 2.79 bits per heavy atom. The van der Waals surface area contributed by atoms with Gasteiger partial charge in [0, 0.05) is 32.7 Å². The van der Waals surface area contributed by atoms with Crippen molar-refractivity contribution in [3.8, 4) is 0 Å². The maximum atomic E-state index is 12.3. The van der Waals surface area contributed by atoms with Crippen LogP contribution in [0.15, 0.2) is 22.6 Å². The lowest BCUT2D eigenvalue weighted by molar-refractivity contribution is 0.0257. The zero-order valence-corrected chi connectivity index (χ0v) is 17.4. The van der Waals surface area contributed by atoms with E-state index >= 15 is 0 Å². The number of nitrogens with zero attached hydrogens (tertiary/aromatic N) is 3. The Balaban J connectivity index is 1.61. The van der Waals surface area contributed by atoms with Crippen molar-refractivity contribution in [1.82, 2.24) is 14.8 Å². The van der Waals surface area contributed by atoms with Gasteiger partial charge in [0.15, 0.2) is 5.58 Å². The van der Waals surface area contributed by atoms with E-state index in [-0.39, 0.29) is 12.1 Å². The monoisotopic (exact) mass is 388 g/mol. The summed E-state index contributed by atoms with van der Waals surface area (Å²) < 4.78 is 11.3. The molecule has 0 bridgehead atoms. The highest BCUT2D eigenvalue weighted by atomic mass is 16.6. The van der Waals surface area contributed by atoms with Crippen molar-refractivity contribution < 1.29 is 13.9 Å². The number of carbonyl (C=O) groups is 1. The molecule has 154 valence electrons. The maximum Gasteiger partial charge on any atom is 0.410 e. The molecule has 1 aromatic carbocycles. The molecule has 1 fully saturated rings. The number of hydrogen-bond donors (Lipinski definition) is 1. The van der Waals surface area contributed by atoms with Crippen molar-refractivity contribution in [2.75, 3.05) is 26.2 Å². The largest absolute Gasteiger partial charge is 0.444 e. The number of amides is 1. The number of aromatic nitrogens is 1. The molecule has 2 heterocycles. The van der Waals surface area contributed by atoms with Gasteiger partial charge in [-0.05, 0) is 51.3 Å². The summed E-state index contributed by atoms with van der Waals surface area (Å²) in [5.74, 6) is 0.595. The summed E-state index contributed by atoms with van der Waals surface area (Å²) in [6.07, 6.45) is 1.50. The third-order valence-corrected chi connectivity index (χ3v) is 4.87. The lowest BCUT2D eigenvalue weighted by Crippen LogP contribution is -2.39. The number of fused-ring (bicyclic) bond motifs is 1. The highest BCUT2D eigenvalue weighted by molar-refractivity contribution is 5.73. The van der Waals surface area contributed by atoms with E-state index in [1.807, 2.05) is 38.7 Å². The molecular weight excluding hydrogens is 356 g/mol. The van der Waals surface area contributed by atoms with E-state index in [9.17, 15) is 4.79 Å². The van der Waals surface area contributed by atoms with E-state index < -0.39 is 5.60 Å². The van der Waals surface area contributed by atoms with E-state index in [4.69, 9.17) is 14.9 Å². The number of rotatable bonds is 4. The second kappa shape index (κ2) is 8.49. The van der Waals surface area contributed by atoms with Gasteiger partial charge in [0.05, 0.1) is 6.04 Å². The van der Waals surface area contributed by atoms with Gasteiger partial charge in [-0.3, -0.25) is 4.90 Å². The molecule has 1 unspecified atom stereocenters. The normalized spacial score (nSPS) is 17.5. The molecular formula is C21H32N4O3. The molecule has 7 heteroatoms. The molecule has 0 spiro atoms. The van der Waals surface area contributed by atoms with Crippen molar-refractivity contribution in [3.05, 3.63) is 29.7 Å². The Morgan fingerprint density at radius 2 is 2.07 bits per heavy atom. The average molecular weight is 389 g/mol. The predicted molar refractivity (Wildman–Crippen MR) is 109 cm³/mol. The van der Waals surface area contributed by atoms with E-state index in [0.717, 1.165) is 50.1 Å². The zero-order chi connectivity index (χ0) is 20.3. The van der Waals surface area contributed by atoms with Crippen LogP contribution < -0.4 is 5.73 Å². The number of nitrogens with two attached hydrogens (primary N) is 1. The third kappa shape index (κ3) is 5.23. The zero-order valence-electron chi connectivity index (χ0n) is 17.4. The first kappa shape index (κ1) is 20.6. The second-order valence-electron chi connectivity index (χ2n) is 8.47. The number of benzene rings is 1. The average Bonchev–Trinajstić information content (AvgIpc) is 2.91. The van der Waals surface area contributed by atoms with Crippen LogP contribution in [-0.2, 0) is 11.3 Å². The van der Waals surface area contributed by atoms with Gasteiger partial charge in [-0.15, -0.1) is 0 Å². The SMILES string of the molecule is CCC(N)c1nc2cc(CN3CCCN(C(=O)OC(C)(C)C)CC3)ccc2o1. The summed E-state index contributed by atoms with van der Waals surface area (Å²) in [7, 11) is 0. The molecule has 2 aromatic rings. The molecule has 3 rings (SSSR count). The Bertz CT molecular complexity index is 812. The summed E-state index contributed by atoms with van der Waals surface area (Å²) in [6.45, 7) is 11.7. The number of oxazole rings is 1. The maximum absolute atomic E-state index is 12.3. The number of hydrogen-bond acceptors (Lipinski definition) is 6. The van der Waals surface area contributed by atoms with Crippen LogP contribution in [0.1, 0.15) is 58.0 Å². The van der Waals surface area contributed by atoms with Crippen LogP contribution in [0, 0.1) is 0 Å². The van der Waals surface area contributed by atoms with Crippen molar-refractivity contribution in [3.63, 3.8) is 0 Å². The van der Waals surface area contributed by atoms with Gasteiger partial charge < -0.3 is 19.8 Å². The standard InChI is InChI=1S/C21H32N4O3/c1-5-16(22)19-23-17-13-15(7-8-18(17)27-19)14-24-9-6-10-25(12-11-24)20(26)28-21(2,3)4/h7-8,13,16H,5-6,9-12,14,22H2,1-4H3. The molecule has 7 nitrogen and oxygen atoms in total. The number of ether oxygens (including phenoxy) is 1. The summed E-state index contributed by atoms with van der Waals surface area (Å²) in [5.41, 5.74) is 8.37. The van der Waals surface area contributed by atoms with Crippen LogP contribution in [0.5, 0.6) is 0 Å². The molecule has 0 saturated carbocycles. The smallest absolute Gasteiger partial charge is 0.410 e. The fourth-order valence-electron chi connectivity index (χ4n) is 3.32. The minimum Gasteiger partial charge on any atom is -0.444 e. The Hall–Kier alpha value is -2.12. The quantitative estimate of drug-likeness (QED) is 0.860. The van der Waals surface area contributed by atoms with Gasteiger partial charge in [-0.25, -0.2) is 9.78 Å². The van der Waals surface area contributed by atoms with Gasteiger partial charge in [0.2, 0.25) is 5.89 Å². The molecule has 0 radical (unpaired) electrons. The van der Waals surface area contributed by atoms with Gasteiger partial charge in [0.1, 0.15) is 11.1 Å². The summed E-state index contributed by atoms with van der Waals surface area (Å²) in [5, 5.41) is 0. The molecule has 1 aromatic heterocycles. The van der Waals surface area contributed by atoms with E-state index in [0.29, 0.717) is 12.4 Å². The third-order valence-electron chi connectivity index (χ3n) is 4.87. The number of carbonyl (C=O) groups excluding carboxylic acids is 1. The van der Waals surface area contributed by atoms with Crippen molar-refractivity contribution in [1.29, 1.82) is 0 Å². The van der Waals surface area contributed by atoms with E-state index in [2.05, 4.69) is 22.0 Å². The lowest BCUT2D eigenvalue weighted by Gasteiger charge is -2.26. The highest BCUT2D eigenvalue weighted by Gasteiger charge is 2.24. The Morgan fingerprint density at radius 1 is 1.29 bits per heavy atom. The summed E-state index contributed by atoms with van der Waals surface area (Å²) >= 11 is 0. The molecule has 1 aliphatic rings. The molecule has 1 amide bonds. The molecule has 1 aliphatic heterocycles. The van der Waals surface area contributed by atoms with Gasteiger partial charge in [-0.2, -0.15) is 0 Å². The van der Waals surface area contributed by atoms with Crippen LogP contribution in [0.2, 0.25) is 0 Å². The minimum atomic E-state index is -0.463. The van der Waals surface area contributed by atoms with Crippen LogP contribution in [-0.4, -0.2) is 52.7 Å². The Labute approximate surface area is 166 Å². The fraction of sp³-hybridized carbons (Fsp3) is 0.619. The fourth-order valence-corrected chi connectivity index (χ4v) is 3.32. The molecule has 0 aliphatic carbocycles. The van der Waals surface area contributed by atoms with Crippen LogP contribution in [0.4, 0.5) is 4.79 Å².